The van der Waals surface area contributed by atoms with Crippen LogP contribution in [-0.2, 0) is 29.7 Å². The molecule has 0 radical (unpaired) electrons. The third kappa shape index (κ3) is 6.97. The van der Waals surface area contributed by atoms with Crippen LogP contribution in [0.1, 0.15) is 62.1 Å². The number of ether oxygens (including phenoxy) is 1. The van der Waals surface area contributed by atoms with Gasteiger partial charge in [0, 0.05) is 49.2 Å². The molecule has 4 rings (SSSR count). The highest BCUT2D eigenvalue weighted by molar-refractivity contribution is 5.85. The van der Waals surface area contributed by atoms with E-state index in [1.807, 2.05) is 19.2 Å². The Balaban J connectivity index is 1.18. The number of rotatable bonds is 10. The van der Waals surface area contributed by atoms with Crippen LogP contribution in [0.4, 0.5) is 0 Å². The quantitative estimate of drug-likeness (QED) is 0.321. The molecule has 2 heterocycles. The molecule has 1 fully saturated rings. The zero-order valence-corrected chi connectivity index (χ0v) is 21.0. The van der Waals surface area contributed by atoms with Crippen LogP contribution in [0.25, 0.3) is 10.9 Å². The van der Waals surface area contributed by atoms with E-state index in [1.54, 1.807) is 0 Å². The number of hydrogen-bond donors (Lipinski definition) is 2. The van der Waals surface area contributed by atoms with Crippen molar-refractivity contribution in [3.05, 3.63) is 71.4 Å². The van der Waals surface area contributed by atoms with E-state index in [-0.39, 0.29) is 18.1 Å². The number of benzene rings is 2. The Labute approximate surface area is 209 Å². The predicted octanol–water partition coefficient (Wildman–Crippen LogP) is 5.06. The maximum Gasteiger partial charge on any atom is 0.237 e. The first-order valence-corrected chi connectivity index (χ1v) is 12.9. The molecule has 0 unspecified atom stereocenters. The Morgan fingerprint density at radius 2 is 1.97 bits per heavy atom. The second-order valence-corrected chi connectivity index (χ2v) is 9.44. The van der Waals surface area contributed by atoms with Crippen LogP contribution in [0, 0.1) is 11.8 Å². The molecule has 5 heteroatoms. The van der Waals surface area contributed by atoms with E-state index >= 15 is 0 Å². The number of fused-ring (bicyclic) bond motifs is 1. The molecule has 1 aliphatic rings. The van der Waals surface area contributed by atoms with Crippen LogP contribution < -0.4 is 10.6 Å². The van der Waals surface area contributed by atoms with E-state index in [0.29, 0.717) is 26.1 Å². The summed E-state index contributed by atoms with van der Waals surface area (Å²) in [6, 6.07) is 16.3. The fourth-order valence-corrected chi connectivity index (χ4v) is 4.61. The first-order valence-electron chi connectivity index (χ1n) is 12.9. The van der Waals surface area contributed by atoms with E-state index in [4.69, 9.17) is 4.74 Å². The van der Waals surface area contributed by atoms with Crippen molar-refractivity contribution in [2.24, 2.45) is 7.05 Å². The normalized spacial score (nSPS) is 17.3. The van der Waals surface area contributed by atoms with Crippen LogP contribution in [0.3, 0.4) is 0 Å². The maximum atomic E-state index is 12.7. The first kappa shape index (κ1) is 25.0. The first-order chi connectivity index (χ1) is 17.1. The van der Waals surface area contributed by atoms with E-state index in [0.717, 1.165) is 23.1 Å². The van der Waals surface area contributed by atoms with Gasteiger partial charge in [0.05, 0.1) is 18.8 Å². The summed E-state index contributed by atoms with van der Waals surface area (Å²) in [7, 11) is 2.03. The van der Waals surface area contributed by atoms with E-state index < -0.39 is 0 Å². The van der Waals surface area contributed by atoms with Gasteiger partial charge in [0.15, 0.2) is 0 Å². The molecular weight excluding hydrogens is 434 g/mol. The minimum absolute atomic E-state index is 0.0293. The van der Waals surface area contributed by atoms with Crippen LogP contribution in [0.15, 0.2) is 54.7 Å². The van der Waals surface area contributed by atoms with E-state index in [1.165, 1.54) is 36.6 Å². The number of amides is 1. The Morgan fingerprint density at radius 1 is 1.14 bits per heavy atom. The summed E-state index contributed by atoms with van der Waals surface area (Å²) in [4.78, 5) is 12.7. The molecule has 2 aromatic carbocycles. The third-order valence-corrected chi connectivity index (χ3v) is 6.67. The van der Waals surface area contributed by atoms with Crippen LogP contribution >= 0.6 is 0 Å². The van der Waals surface area contributed by atoms with Crippen molar-refractivity contribution < 1.29 is 9.53 Å². The average Bonchev–Trinajstić information content (AvgIpc) is 3.49. The van der Waals surface area contributed by atoms with Crippen molar-refractivity contribution in [2.75, 3.05) is 6.54 Å². The summed E-state index contributed by atoms with van der Waals surface area (Å²) >= 11 is 0. The van der Waals surface area contributed by atoms with Gasteiger partial charge < -0.3 is 19.9 Å². The van der Waals surface area contributed by atoms with Crippen molar-refractivity contribution in [3.8, 4) is 11.8 Å². The van der Waals surface area contributed by atoms with Gasteiger partial charge in [-0.2, -0.15) is 0 Å². The maximum absolute atomic E-state index is 12.7. The minimum atomic E-state index is -0.218. The second kappa shape index (κ2) is 12.6. The number of carbonyl (C=O) groups is 1. The SMILES string of the molecule is CCCCCCC#Cc1ccc(CO[C@H]2CN[C@H](C(=O)NCc3cn(C)c4ccccc34)C2)cc1. The van der Waals surface area contributed by atoms with Crippen molar-refractivity contribution in [2.45, 2.75) is 70.7 Å². The smallest absolute Gasteiger partial charge is 0.237 e. The van der Waals surface area contributed by atoms with Gasteiger partial charge in [0.25, 0.3) is 0 Å². The van der Waals surface area contributed by atoms with Gasteiger partial charge in [-0.1, -0.05) is 68.4 Å². The number of aryl methyl sites for hydroxylation is 1. The predicted molar refractivity (Wildman–Crippen MR) is 142 cm³/mol. The molecule has 2 atom stereocenters. The van der Waals surface area contributed by atoms with Gasteiger partial charge in [0.2, 0.25) is 5.91 Å². The average molecular weight is 472 g/mol. The van der Waals surface area contributed by atoms with Gasteiger partial charge in [-0.15, -0.1) is 0 Å². The molecule has 1 aromatic heterocycles. The summed E-state index contributed by atoms with van der Waals surface area (Å²) in [5.74, 6) is 6.56. The van der Waals surface area contributed by atoms with Crippen LogP contribution in [0.2, 0.25) is 0 Å². The zero-order chi connectivity index (χ0) is 24.5. The lowest BCUT2D eigenvalue weighted by molar-refractivity contribution is -0.123. The molecule has 1 saturated heterocycles. The highest BCUT2D eigenvalue weighted by atomic mass is 16.5. The Hall–Kier alpha value is -3.07. The molecule has 5 nitrogen and oxygen atoms in total. The third-order valence-electron chi connectivity index (χ3n) is 6.67. The van der Waals surface area contributed by atoms with Crippen LogP contribution in [0.5, 0.6) is 0 Å². The molecule has 0 spiro atoms. The Bertz CT molecular complexity index is 1170. The monoisotopic (exact) mass is 471 g/mol. The molecule has 184 valence electrons. The van der Waals surface area contributed by atoms with E-state index in [2.05, 4.69) is 76.6 Å². The molecule has 0 bridgehead atoms. The molecule has 3 aromatic rings. The van der Waals surface area contributed by atoms with Gasteiger partial charge in [-0.25, -0.2) is 0 Å². The molecular formula is C30H37N3O2. The number of aromatic nitrogens is 1. The molecule has 35 heavy (non-hydrogen) atoms. The topological polar surface area (TPSA) is 55.3 Å². The molecule has 0 saturated carbocycles. The van der Waals surface area contributed by atoms with Crippen molar-refractivity contribution in [1.82, 2.24) is 15.2 Å². The number of para-hydroxylation sites is 1. The van der Waals surface area contributed by atoms with Gasteiger partial charge in [-0.05, 0) is 42.2 Å². The fourth-order valence-electron chi connectivity index (χ4n) is 4.61. The summed E-state index contributed by atoms with van der Waals surface area (Å²) in [5.41, 5.74) is 4.48. The number of carbonyl (C=O) groups excluding carboxylic acids is 1. The van der Waals surface area contributed by atoms with Crippen molar-refractivity contribution in [3.63, 3.8) is 0 Å². The number of hydrogen-bond acceptors (Lipinski definition) is 3. The number of unbranched alkanes of at least 4 members (excludes halogenated alkanes) is 4. The van der Waals surface area contributed by atoms with Gasteiger partial charge >= 0.3 is 0 Å². The lowest BCUT2D eigenvalue weighted by atomic mass is 10.1. The number of nitrogens with zero attached hydrogens (tertiary/aromatic N) is 1. The zero-order valence-electron chi connectivity index (χ0n) is 21.0. The Morgan fingerprint density at radius 3 is 2.80 bits per heavy atom. The van der Waals surface area contributed by atoms with Crippen molar-refractivity contribution >= 4 is 16.8 Å². The lowest BCUT2D eigenvalue weighted by Crippen LogP contribution is -2.39. The largest absolute Gasteiger partial charge is 0.372 e. The van der Waals surface area contributed by atoms with E-state index in [9.17, 15) is 4.79 Å². The second-order valence-electron chi connectivity index (χ2n) is 9.44. The fraction of sp³-hybridized carbons (Fsp3) is 0.433. The molecule has 1 aliphatic heterocycles. The lowest BCUT2D eigenvalue weighted by Gasteiger charge is -2.12. The summed E-state index contributed by atoms with van der Waals surface area (Å²) in [6.07, 6.45) is 8.78. The Kier molecular flexibility index (Phi) is 9.00. The number of nitrogens with one attached hydrogen (secondary N) is 2. The summed E-state index contributed by atoms with van der Waals surface area (Å²) in [5, 5.41) is 7.59. The molecule has 0 aliphatic carbocycles. The molecule has 1 amide bonds. The van der Waals surface area contributed by atoms with Crippen molar-refractivity contribution in [1.29, 1.82) is 0 Å². The molecule has 2 N–H and O–H groups in total. The minimum Gasteiger partial charge on any atom is -0.372 e. The standard InChI is InChI=1S/C30H37N3O2/c1-3-4-5-6-7-8-11-23-14-16-24(17-15-23)22-35-26-18-28(31-20-26)30(34)32-19-25-21-33(2)29-13-10-9-12-27(25)29/h9-10,12-17,21,26,28,31H,3-7,18-20,22H2,1-2H3,(H,32,34)/t26-,28+/m1/s1. The van der Waals surface area contributed by atoms with Gasteiger partial charge in [-0.3, -0.25) is 4.79 Å². The summed E-state index contributed by atoms with van der Waals surface area (Å²) in [6.45, 7) is 3.98. The summed E-state index contributed by atoms with van der Waals surface area (Å²) < 4.78 is 8.19. The highest BCUT2D eigenvalue weighted by Crippen LogP contribution is 2.20. The van der Waals surface area contributed by atoms with Gasteiger partial charge in [0.1, 0.15) is 0 Å². The van der Waals surface area contributed by atoms with Crippen LogP contribution in [-0.4, -0.2) is 29.2 Å². The highest BCUT2D eigenvalue weighted by Gasteiger charge is 2.29.